The second-order valence-corrected chi connectivity index (χ2v) is 8.15. The van der Waals surface area contributed by atoms with E-state index in [0.717, 1.165) is 30.4 Å². The Labute approximate surface area is 157 Å². The molecule has 1 fully saturated rings. The topological polar surface area (TPSA) is 41.0 Å². The van der Waals surface area contributed by atoms with E-state index in [9.17, 15) is 0 Å². The molecule has 2 bridgehead atoms. The normalized spacial score (nSPS) is 22.4. The van der Waals surface area contributed by atoms with Gasteiger partial charge in [-0.1, -0.05) is 45.0 Å². The standard InChI is InChI=1S/C22H30N4/c1-5-15(4)23-20-12-21(25-22(24-20)14(2)3)26-13-16-10-11-19(26)18-9-7-6-8-17(16)18/h6-9,12,14-16,19H,5,10-11,13H2,1-4H3,(H,23,24,25)/t15-,16-,19+/m1/s1. The summed E-state index contributed by atoms with van der Waals surface area (Å²) >= 11 is 0. The van der Waals surface area contributed by atoms with Gasteiger partial charge in [-0.15, -0.1) is 0 Å². The van der Waals surface area contributed by atoms with Gasteiger partial charge in [-0.25, -0.2) is 9.97 Å². The van der Waals surface area contributed by atoms with Crippen LogP contribution in [0.25, 0.3) is 0 Å². The van der Waals surface area contributed by atoms with Crippen LogP contribution in [0.15, 0.2) is 30.3 Å². The highest BCUT2D eigenvalue weighted by Crippen LogP contribution is 2.48. The summed E-state index contributed by atoms with van der Waals surface area (Å²) in [5.41, 5.74) is 3.05. The Hall–Kier alpha value is -2.10. The van der Waals surface area contributed by atoms with Crippen molar-refractivity contribution in [2.75, 3.05) is 16.8 Å². The van der Waals surface area contributed by atoms with Crippen molar-refractivity contribution in [1.82, 2.24) is 9.97 Å². The molecule has 26 heavy (non-hydrogen) atoms. The summed E-state index contributed by atoms with van der Waals surface area (Å²) in [6.07, 6.45) is 3.59. The maximum atomic E-state index is 4.96. The predicted molar refractivity (Wildman–Crippen MR) is 108 cm³/mol. The van der Waals surface area contributed by atoms with Crippen molar-refractivity contribution in [3.05, 3.63) is 47.3 Å². The largest absolute Gasteiger partial charge is 0.367 e. The Bertz CT molecular complexity index is 785. The summed E-state index contributed by atoms with van der Waals surface area (Å²) in [4.78, 5) is 12.2. The van der Waals surface area contributed by atoms with Crippen molar-refractivity contribution in [3.8, 4) is 0 Å². The zero-order valence-electron chi connectivity index (χ0n) is 16.4. The number of benzene rings is 1. The first-order valence-corrected chi connectivity index (χ1v) is 10.1. The maximum Gasteiger partial charge on any atom is 0.135 e. The fraction of sp³-hybridized carbons (Fsp3) is 0.545. The van der Waals surface area contributed by atoms with Crippen molar-refractivity contribution in [3.63, 3.8) is 0 Å². The molecule has 5 rings (SSSR count). The van der Waals surface area contributed by atoms with Crippen LogP contribution >= 0.6 is 0 Å². The quantitative estimate of drug-likeness (QED) is 0.799. The highest BCUT2D eigenvalue weighted by Gasteiger charge is 2.38. The summed E-state index contributed by atoms with van der Waals surface area (Å²) in [6, 6.07) is 12.0. The Morgan fingerprint density at radius 2 is 1.88 bits per heavy atom. The molecular weight excluding hydrogens is 320 g/mol. The zero-order valence-corrected chi connectivity index (χ0v) is 16.4. The van der Waals surface area contributed by atoms with Gasteiger partial charge >= 0.3 is 0 Å². The molecule has 4 heteroatoms. The van der Waals surface area contributed by atoms with Gasteiger partial charge in [0, 0.05) is 30.5 Å². The van der Waals surface area contributed by atoms with Crippen molar-refractivity contribution in [2.45, 2.75) is 70.9 Å². The van der Waals surface area contributed by atoms with E-state index in [-0.39, 0.29) is 0 Å². The lowest BCUT2D eigenvalue weighted by atomic mass is 9.75. The third-order valence-electron chi connectivity index (χ3n) is 5.92. The van der Waals surface area contributed by atoms with Gasteiger partial charge in [-0.2, -0.15) is 0 Å². The lowest BCUT2D eigenvalue weighted by Gasteiger charge is -2.47. The molecule has 0 unspecified atom stereocenters. The van der Waals surface area contributed by atoms with Gasteiger partial charge in [0.05, 0.1) is 6.04 Å². The minimum Gasteiger partial charge on any atom is -0.367 e. The minimum absolute atomic E-state index is 0.321. The average Bonchev–Trinajstić information content (AvgIpc) is 2.68. The first kappa shape index (κ1) is 17.3. The van der Waals surface area contributed by atoms with E-state index < -0.39 is 0 Å². The average molecular weight is 351 g/mol. The van der Waals surface area contributed by atoms with E-state index in [1.54, 1.807) is 5.56 Å². The lowest BCUT2D eigenvalue weighted by molar-refractivity contribution is 0.386. The van der Waals surface area contributed by atoms with Gasteiger partial charge in [0.15, 0.2) is 0 Å². The molecule has 1 aliphatic carbocycles. The van der Waals surface area contributed by atoms with Crippen molar-refractivity contribution >= 4 is 11.6 Å². The number of nitrogens with zero attached hydrogens (tertiary/aromatic N) is 3. The molecule has 2 aromatic rings. The first-order valence-electron chi connectivity index (χ1n) is 10.1. The molecule has 3 aliphatic rings. The van der Waals surface area contributed by atoms with Crippen LogP contribution in [0.5, 0.6) is 0 Å². The van der Waals surface area contributed by atoms with Crippen molar-refractivity contribution in [1.29, 1.82) is 0 Å². The van der Waals surface area contributed by atoms with E-state index in [1.807, 2.05) is 0 Å². The summed E-state index contributed by atoms with van der Waals surface area (Å²) in [5.74, 6) is 3.92. The Kier molecular flexibility index (Phi) is 4.60. The molecule has 1 N–H and O–H groups in total. The summed E-state index contributed by atoms with van der Waals surface area (Å²) in [6.45, 7) is 9.81. The second-order valence-electron chi connectivity index (χ2n) is 8.15. The molecule has 138 valence electrons. The Morgan fingerprint density at radius 1 is 1.12 bits per heavy atom. The SMILES string of the molecule is CC[C@@H](C)Nc1cc(N2C[C@H]3CC[C@H]2c2ccccc23)nc(C(C)C)n1. The van der Waals surface area contributed by atoms with Gasteiger partial charge in [0.1, 0.15) is 17.5 Å². The molecule has 3 heterocycles. The third kappa shape index (κ3) is 3.06. The van der Waals surface area contributed by atoms with E-state index >= 15 is 0 Å². The monoisotopic (exact) mass is 350 g/mol. The molecule has 0 saturated carbocycles. The molecule has 3 atom stereocenters. The molecule has 0 amide bonds. The van der Waals surface area contributed by atoms with Crippen LogP contribution in [-0.2, 0) is 0 Å². The molecule has 1 saturated heterocycles. The number of hydrogen-bond donors (Lipinski definition) is 1. The molecule has 0 spiro atoms. The number of fused-ring (bicyclic) bond motifs is 2. The Morgan fingerprint density at radius 3 is 2.62 bits per heavy atom. The van der Waals surface area contributed by atoms with Crippen LogP contribution in [0.1, 0.15) is 81.8 Å². The van der Waals surface area contributed by atoms with Crippen LogP contribution in [0, 0.1) is 0 Å². The molecular formula is C22H30N4. The van der Waals surface area contributed by atoms with Gasteiger partial charge in [-0.3, -0.25) is 0 Å². The number of anilines is 2. The van der Waals surface area contributed by atoms with E-state index in [1.165, 1.54) is 18.4 Å². The fourth-order valence-corrected chi connectivity index (χ4v) is 4.27. The lowest BCUT2D eigenvalue weighted by Crippen LogP contribution is -2.43. The van der Waals surface area contributed by atoms with Crippen LogP contribution in [-0.4, -0.2) is 22.6 Å². The highest BCUT2D eigenvalue weighted by atomic mass is 15.2. The van der Waals surface area contributed by atoms with Crippen LogP contribution in [0.4, 0.5) is 11.6 Å². The molecule has 0 radical (unpaired) electrons. The van der Waals surface area contributed by atoms with Crippen molar-refractivity contribution in [2.24, 2.45) is 0 Å². The summed E-state index contributed by atoms with van der Waals surface area (Å²) in [7, 11) is 0. The fourth-order valence-electron chi connectivity index (χ4n) is 4.27. The maximum absolute atomic E-state index is 4.96. The predicted octanol–water partition coefficient (Wildman–Crippen LogP) is 5.25. The van der Waals surface area contributed by atoms with Crippen LogP contribution in [0.2, 0.25) is 0 Å². The minimum atomic E-state index is 0.321. The molecule has 4 nitrogen and oxygen atoms in total. The van der Waals surface area contributed by atoms with E-state index in [2.05, 4.69) is 68.2 Å². The van der Waals surface area contributed by atoms with Gasteiger partial charge < -0.3 is 10.2 Å². The Balaban J connectivity index is 1.72. The smallest absolute Gasteiger partial charge is 0.135 e. The number of nitrogens with one attached hydrogen (secondary N) is 1. The second kappa shape index (κ2) is 6.90. The van der Waals surface area contributed by atoms with Crippen LogP contribution in [0.3, 0.4) is 0 Å². The first-order chi connectivity index (χ1) is 12.6. The number of hydrogen-bond acceptors (Lipinski definition) is 4. The molecule has 2 aliphatic heterocycles. The van der Waals surface area contributed by atoms with Gasteiger partial charge in [-0.05, 0) is 37.3 Å². The number of aromatic nitrogens is 2. The highest BCUT2D eigenvalue weighted by molar-refractivity contribution is 5.55. The van der Waals surface area contributed by atoms with Gasteiger partial charge in [0.25, 0.3) is 0 Å². The third-order valence-corrected chi connectivity index (χ3v) is 5.92. The van der Waals surface area contributed by atoms with E-state index in [0.29, 0.717) is 23.9 Å². The molecule has 1 aromatic carbocycles. The van der Waals surface area contributed by atoms with E-state index in [4.69, 9.17) is 9.97 Å². The summed E-state index contributed by atoms with van der Waals surface area (Å²) < 4.78 is 0. The number of rotatable bonds is 5. The van der Waals surface area contributed by atoms with Crippen molar-refractivity contribution < 1.29 is 0 Å². The van der Waals surface area contributed by atoms with Crippen LogP contribution < -0.4 is 10.2 Å². The van der Waals surface area contributed by atoms with Gasteiger partial charge in [0.2, 0.25) is 0 Å². The zero-order chi connectivity index (χ0) is 18.3. The summed E-state index contributed by atoms with van der Waals surface area (Å²) in [5, 5.41) is 3.55. The number of piperidine rings is 1. The molecule has 1 aromatic heterocycles.